The zero-order valence-corrected chi connectivity index (χ0v) is 15.1. The van der Waals surface area contributed by atoms with E-state index in [9.17, 15) is 0 Å². The molecule has 0 aliphatic carbocycles. The van der Waals surface area contributed by atoms with Crippen LogP contribution in [-0.4, -0.2) is 17.1 Å². The average molecular weight is 342 g/mol. The lowest BCUT2D eigenvalue weighted by Gasteiger charge is -2.19. The molecule has 0 saturated carbocycles. The summed E-state index contributed by atoms with van der Waals surface area (Å²) < 4.78 is 5.33. The number of pyridine rings is 1. The highest BCUT2D eigenvalue weighted by Crippen LogP contribution is 2.36. The quantitative estimate of drug-likeness (QED) is 0.537. The van der Waals surface area contributed by atoms with Crippen molar-refractivity contribution in [2.24, 2.45) is 0 Å². The van der Waals surface area contributed by atoms with E-state index in [-0.39, 0.29) is 5.92 Å². The Morgan fingerprint density at radius 3 is 2.46 bits per heavy atom. The third-order valence-corrected chi connectivity index (χ3v) is 4.95. The molecule has 0 aliphatic rings. The lowest BCUT2D eigenvalue weighted by Crippen LogP contribution is -2.07. The maximum absolute atomic E-state index is 5.33. The van der Waals surface area contributed by atoms with Gasteiger partial charge in [0.2, 0.25) is 0 Å². The van der Waals surface area contributed by atoms with Gasteiger partial charge in [-0.3, -0.25) is 4.98 Å². The van der Waals surface area contributed by atoms with Crippen LogP contribution in [0.25, 0.3) is 10.9 Å². The Hall–Kier alpha value is -3.07. The van der Waals surface area contributed by atoms with Crippen LogP contribution < -0.4 is 4.74 Å². The van der Waals surface area contributed by atoms with E-state index in [1.54, 1.807) is 7.11 Å². The summed E-state index contributed by atoms with van der Waals surface area (Å²) in [5.41, 5.74) is 6.10. The van der Waals surface area contributed by atoms with E-state index >= 15 is 0 Å². The lowest BCUT2D eigenvalue weighted by molar-refractivity contribution is 0.414. The Bertz CT molecular complexity index is 1000. The summed E-state index contributed by atoms with van der Waals surface area (Å²) in [5.74, 6) is 1.10. The van der Waals surface area contributed by atoms with E-state index in [4.69, 9.17) is 4.74 Å². The van der Waals surface area contributed by atoms with Crippen molar-refractivity contribution in [3.05, 3.63) is 95.4 Å². The molecule has 0 bridgehead atoms. The minimum atomic E-state index is 0.229. The van der Waals surface area contributed by atoms with Gasteiger partial charge in [0.15, 0.2) is 0 Å². The minimum Gasteiger partial charge on any atom is -0.497 e. The SMILES string of the molecule is COc1ccc(C(Cc2ccccn2)c2c(C)[nH]c3ccccc23)cc1. The molecule has 4 aromatic rings. The Labute approximate surface area is 153 Å². The number of methoxy groups -OCH3 is 1. The number of benzene rings is 2. The number of aromatic nitrogens is 2. The molecular formula is C23H22N2O. The van der Waals surface area contributed by atoms with Crippen LogP contribution in [0.1, 0.15) is 28.4 Å². The van der Waals surface area contributed by atoms with E-state index < -0.39 is 0 Å². The molecule has 0 saturated heterocycles. The topological polar surface area (TPSA) is 37.9 Å². The number of rotatable bonds is 5. The molecule has 26 heavy (non-hydrogen) atoms. The number of hydrogen-bond donors (Lipinski definition) is 1. The second-order valence-electron chi connectivity index (χ2n) is 6.56. The minimum absolute atomic E-state index is 0.229. The highest BCUT2D eigenvalue weighted by molar-refractivity contribution is 5.85. The Balaban J connectivity index is 1.85. The molecule has 0 amide bonds. The molecule has 130 valence electrons. The monoisotopic (exact) mass is 342 g/mol. The number of para-hydroxylation sites is 1. The average Bonchev–Trinajstić information content (AvgIpc) is 3.03. The number of nitrogens with zero attached hydrogens (tertiary/aromatic N) is 1. The van der Waals surface area contributed by atoms with Crippen molar-refractivity contribution in [2.45, 2.75) is 19.3 Å². The van der Waals surface area contributed by atoms with Crippen molar-refractivity contribution in [3.8, 4) is 5.75 Å². The third kappa shape index (κ3) is 3.08. The first-order chi connectivity index (χ1) is 12.8. The molecule has 0 spiro atoms. The molecule has 2 aromatic carbocycles. The standard InChI is InChI=1S/C23H22N2O/c1-16-23(20-8-3-4-9-22(20)25-16)21(15-18-7-5-6-14-24-18)17-10-12-19(26-2)13-11-17/h3-14,21,25H,15H2,1-2H3. The van der Waals surface area contributed by atoms with Gasteiger partial charge in [-0.15, -0.1) is 0 Å². The highest BCUT2D eigenvalue weighted by Gasteiger charge is 2.21. The number of nitrogens with one attached hydrogen (secondary N) is 1. The lowest BCUT2D eigenvalue weighted by atomic mass is 9.85. The fourth-order valence-corrected chi connectivity index (χ4v) is 3.70. The molecule has 0 radical (unpaired) electrons. The van der Waals surface area contributed by atoms with Gasteiger partial charge < -0.3 is 9.72 Å². The van der Waals surface area contributed by atoms with Crippen molar-refractivity contribution in [2.75, 3.05) is 7.11 Å². The summed E-state index contributed by atoms with van der Waals surface area (Å²) in [6, 6.07) is 23.0. The van der Waals surface area contributed by atoms with Crippen LogP contribution in [0, 0.1) is 6.92 Å². The van der Waals surface area contributed by atoms with Crippen molar-refractivity contribution < 1.29 is 4.74 Å². The molecule has 2 heterocycles. The van der Waals surface area contributed by atoms with Gasteiger partial charge in [-0.25, -0.2) is 0 Å². The van der Waals surface area contributed by atoms with Crippen molar-refractivity contribution >= 4 is 10.9 Å². The van der Waals surface area contributed by atoms with Gasteiger partial charge in [0.1, 0.15) is 5.75 Å². The molecule has 0 fully saturated rings. The van der Waals surface area contributed by atoms with Gasteiger partial charge in [-0.1, -0.05) is 36.4 Å². The summed E-state index contributed by atoms with van der Waals surface area (Å²) in [4.78, 5) is 8.10. The predicted molar refractivity (Wildman–Crippen MR) is 106 cm³/mol. The largest absolute Gasteiger partial charge is 0.497 e. The number of aromatic amines is 1. The van der Waals surface area contributed by atoms with Gasteiger partial charge in [-0.2, -0.15) is 0 Å². The first-order valence-electron chi connectivity index (χ1n) is 8.87. The number of ether oxygens (including phenoxy) is 1. The van der Waals surface area contributed by atoms with E-state index in [0.29, 0.717) is 0 Å². The van der Waals surface area contributed by atoms with Crippen LogP contribution >= 0.6 is 0 Å². The molecule has 1 unspecified atom stereocenters. The van der Waals surface area contributed by atoms with Crippen molar-refractivity contribution in [3.63, 3.8) is 0 Å². The summed E-state index contributed by atoms with van der Waals surface area (Å²) in [7, 11) is 1.70. The molecule has 3 nitrogen and oxygen atoms in total. The van der Waals surface area contributed by atoms with E-state index in [1.165, 1.54) is 27.7 Å². The molecule has 1 N–H and O–H groups in total. The van der Waals surface area contributed by atoms with Gasteiger partial charge in [0, 0.05) is 40.8 Å². The summed E-state index contributed by atoms with van der Waals surface area (Å²) in [6.45, 7) is 2.16. The van der Waals surface area contributed by atoms with Crippen LogP contribution in [0.15, 0.2) is 72.9 Å². The van der Waals surface area contributed by atoms with Gasteiger partial charge in [-0.05, 0) is 48.4 Å². The number of hydrogen-bond acceptors (Lipinski definition) is 2. The second kappa shape index (κ2) is 7.04. The van der Waals surface area contributed by atoms with E-state index in [2.05, 4.69) is 65.4 Å². The fourth-order valence-electron chi connectivity index (χ4n) is 3.70. The first-order valence-corrected chi connectivity index (χ1v) is 8.87. The Kier molecular flexibility index (Phi) is 4.44. The molecule has 3 heteroatoms. The normalized spacial score (nSPS) is 12.2. The van der Waals surface area contributed by atoms with Crippen molar-refractivity contribution in [1.29, 1.82) is 0 Å². The van der Waals surface area contributed by atoms with Gasteiger partial charge >= 0.3 is 0 Å². The molecule has 2 aromatic heterocycles. The fraction of sp³-hybridized carbons (Fsp3) is 0.174. The van der Waals surface area contributed by atoms with Crippen LogP contribution in [0.3, 0.4) is 0 Å². The molecule has 4 rings (SSSR count). The van der Waals surface area contributed by atoms with Gasteiger partial charge in [0.05, 0.1) is 7.11 Å². The smallest absolute Gasteiger partial charge is 0.118 e. The number of aryl methyl sites for hydroxylation is 1. The molecular weight excluding hydrogens is 320 g/mol. The van der Waals surface area contributed by atoms with Crippen LogP contribution in [0.4, 0.5) is 0 Å². The van der Waals surface area contributed by atoms with Crippen LogP contribution in [-0.2, 0) is 6.42 Å². The highest BCUT2D eigenvalue weighted by atomic mass is 16.5. The summed E-state index contributed by atoms with van der Waals surface area (Å²) in [5, 5.41) is 1.28. The van der Waals surface area contributed by atoms with Crippen molar-refractivity contribution in [1.82, 2.24) is 9.97 Å². The Morgan fingerprint density at radius 1 is 0.962 bits per heavy atom. The zero-order chi connectivity index (χ0) is 17.9. The predicted octanol–water partition coefficient (Wildman–Crippen LogP) is 5.25. The molecule has 1 atom stereocenters. The second-order valence-corrected chi connectivity index (χ2v) is 6.56. The molecule has 0 aliphatic heterocycles. The third-order valence-electron chi connectivity index (χ3n) is 4.95. The van der Waals surface area contributed by atoms with E-state index in [0.717, 1.165) is 17.9 Å². The summed E-state index contributed by atoms with van der Waals surface area (Å²) in [6.07, 6.45) is 2.72. The number of fused-ring (bicyclic) bond motifs is 1. The van der Waals surface area contributed by atoms with Gasteiger partial charge in [0.25, 0.3) is 0 Å². The first kappa shape index (κ1) is 16.4. The maximum atomic E-state index is 5.33. The zero-order valence-electron chi connectivity index (χ0n) is 15.1. The number of H-pyrrole nitrogens is 1. The van der Waals surface area contributed by atoms with Crippen LogP contribution in [0.2, 0.25) is 0 Å². The van der Waals surface area contributed by atoms with Crippen LogP contribution in [0.5, 0.6) is 5.75 Å². The maximum Gasteiger partial charge on any atom is 0.118 e. The van der Waals surface area contributed by atoms with E-state index in [1.807, 2.05) is 24.4 Å². The summed E-state index contributed by atoms with van der Waals surface area (Å²) >= 11 is 0. The Morgan fingerprint density at radius 2 is 1.73 bits per heavy atom.